The maximum Gasteiger partial charge on any atom is 0.333 e. The Labute approximate surface area is 137 Å². The van der Waals surface area contributed by atoms with Gasteiger partial charge in [-0.15, -0.1) is 4.73 Å². The minimum atomic E-state index is -0.596. The molecular weight excluding hydrogens is 300 g/mol. The second kappa shape index (κ2) is 9.76. The maximum absolute atomic E-state index is 11.7. The highest BCUT2D eigenvalue weighted by Gasteiger charge is 2.12. The summed E-state index contributed by atoms with van der Waals surface area (Å²) in [6.45, 7) is 2.35. The molecule has 1 aromatic rings. The normalized spacial score (nSPS) is 12.5. The first-order chi connectivity index (χ1) is 11.4. The lowest BCUT2D eigenvalue weighted by Crippen LogP contribution is -2.32. The highest BCUT2D eigenvalue weighted by atomic mass is 16.7. The molecule has 1 aromatic heterocycles. The molecule has 0 saturated heterocycles. The fourth-order valence-corrected chi connectivity index (χ4v) is 2.07. The summed E-state index contributed by atoms with van der Waals surface area (Å²) < 4.78 is 7.71. The molecule has 7 heteroatoms. The second-order valence-electron chi connectivity index (χ2n) is 5.48. The van der Waals surface area contributed by atoms with Crippen LogP contribution in [0.15, 0.2) is 12.1 Å². The van der Waals surface area contributed by atoms with Gasteiger partial charge in [0.1, 0.15) is 0 Å². The van der Waals surface area contributed by atoms with Gasteiger partial charge < -0.3 is 20.4 Å². The lowest BCUT2D eigenvalue weighted by molar-refractivity contribution is -0.145. The third-order valence-electron chi connectivity index (χ3n) is 3.32. The van der Waals surface area contributed by atoms with Crippen molar-refractivity contribution in [2.75, 3.05) is 0 Å². The smallest absolute Gasteiger partial charge is 0.333 e. The van der Waals surface area contributed by atoms with Crippen molar-refractivity contribution in [1.29, 1.82) is 0 Å². The molecule has 0 aliphatic carbocycles. The van der Waals surface area contributed by atoms with Crippen molar-refractivity contribution in [3.05, 3.63) is 12.1 Å². The fourth-order valence-electron chi connectivity index (χ4n) is 2.07. The average molecular weight is 327 g/mol. The summed E-state index contributed by atoms with van der Waals surface area (Å²) in [4.78, 5) is 28.1. The number of hydrogen-bond acceptors (Lipinski definition) is 5. The number of aromatic nitrogens is 1. The van der Waals surface area contributed by atoms with Crippen molar-refractivity contribution < 1.29 is 26.0 Å². The summed E-state index contributed by atoms with van der Waals surface area (Å²) >= 11 is 0. The molecule has 3 N–H and O–H groups in total. The number of hydrogen-bond donors (Lipinski definition) is 3. The van der Waals surface area contributed by atoms with Crippen molar-refractivity contribution in [3.8, 4) is 11.8 Å². The Bertz CT molecular complexity index is 513. The van der Waals surface area contributed by atoms with Gasteiger partial charge in [-0.1, -0.05) is 19.7 Å². The molecule has 0 radical (unpaired) electrons. The summed E-state index contributed by atoms with van der Waals surface area (Å²) in [5.74, 6) is -1.37. The first-order valence-electron chi connectivity index (χ1n) is 8.54. The molecule has 1 atom stereocenters. The molecule has 7 nitrogen and oxygen atoms in total. The van der Waals surface area contributed by atoms with Crippen LogP contribution >= 0.6 is 0 Å². The minimum absolute atomic E-state index is 0.0533. The van der Waals surface area contributed by atoms with Crippen molar-refractivity contribution in [3.63, 3.8) is 0 Å². The van der Waals surface area contributed by atoms with Crippen LogP contribution in [-0.2, 0) is 9.59 Å². The van der Waals surface area contributed by atoms with Crippen molar-refractivity contribution in [1.82, 2.24) is 10.0 Å². The Kier molecular flexibility index (Phi) is 7.29. The zero-order chi connectivity index (χ0) is 17.9. The van der Waals surface area contributed by atoms with Crippen LogP contribution in [0.2, 0.25) is 0 Å². The standard InChI is InChI=1S/C16H26N2O5/c1-3-4-7-12(2)17-13(19)8-5-6-9-16(22)23-18-14(20)10-11-15(18)21/h10-12,20-21H,3-9H2,1-2H3,(H,17,19)/i1D. The van der Waals surface area contributed by atoms with E-state index in [0.29, 0.717) is 30.9 Å². The summed E-state index contributed by atoms with van der Waals surface area (Å²) in [5.41, 5.74) is 0. The molecule has 1 rings (SSSR count). The molecule has 0 saturated carbocycles. The van der Waals surface area contributed by atoms with Crippen LogP contribution in [0.5, 0.6) is 11.8 Å². The molecule has 0 fully saturated rings. The summed E-state index contributed by atoms with van der Waals surface area (Å²) in [6.07, 6.45) is 4.07. The third-order valence-corrected chi connectivity index (χ3v) is 3.32. The molecule has 1 unspecified atom stereocenters. The van der Waals surface area contributed by atoms with E-state index in [9.17, 15) is 19.8 Å². The highest BCUT2D eigenvalue weighted by Crippen LogP contribution is 2.19. The summed E-state index contributed by atoms with van der Waals surface area (Å²) in [7, 11) is 0. The largest absolute Gasteiger partial charge is 0.492 e. The van der Waals surface area contributed by atoms with Gasteiger partial charge in [0.05, 0.1) is 0 Å². The quantitative estimate of drug-likeness (QED) is 0.571. The Morgan fingerprint density at radius 3 is 2.57 bits per heavy atom. The predicted octanol–water partition coefficient (Wildman–Crippen LogP) is 2.11. The van der Waals surface area contributed by atoms with Gasteiger partial charge >= 0.3 is 5.97 Å². The van der Waals surface area contributed by atoms with E-state index in [0.717, 1.165) is 19.3 Å². The zero-order valence-corrected chi connectivity index (χ0v) is 13.5. The Morgan fingerprint density at radius 2 is 1.91 bits per heavy atom. The Morgan fingerprint density at radius 1 is 1.26 bits per heavy atom. The van der Waals surface area contributed by atoms with Crippen LogP contribution in [0.4, 0.5) is 0 Å². The molecule has 0 spiro atoms. The van der Waals surface area contributed by atoms with Crippen LogP contribution in [0.1, 0.15) is 60.1 Å². The van der Waals surface area contributed by atoms with E-state index in [-0.39, 0.29) is 30.1 Å². The van der Waals surface area contributed by atoms with E-state index in [1.54, 1.807) is 0 Å². The molecule has 0 aromatic carbocycles. The van der Waals surface area contributed by atoms with E-state index in [1.165, 1.54) is 12.1 Å². The third kappa shape index (κ3) is 7.08. The van der Waals surface area contributed by atoms with Crippen molar-refractivity contribution >= 4 is 11.9 Å². The van der Waals surface area contributed by atoms with Gasteiger partial charge in [-0.25, -0.2) is 4.79 Å². The van der Waals surface area contributed by atoms with Gasteiger partial charge in [0.15, 0.2) is 0 Å². The van der Waals surface area contributed by atoms with E-state index in [1.807, 2.05) is 6.92 Å². The van der Waals surface area contributed by atoms with Gasteiger partial charge in [0.25, 0.3) is 0 Å². The number of unbranched alkanes of at least 4 members (excludes halogenated alkanes) is 2. The van der Waals surface area contributed by atoms with Crippen LogP contribution in [-0.4, -0.2) is 32.9 Å². The number of rotatable bonds is 10. The zero-order valence-electron chi connectivity index (χ0n) is 14.5. The summed E-state index contributed by atoms with van der Waals surface area (Å²) in [6, 6.07) is 2.50. The Hall–Kier alpha value is -2.18. The summed E-state index contributed by atoms with van der Waals surface area (Å²) in [5, 5.41) is 21.6. The van der Waals surface area contributed by atoms with E-state index < -0.39 is 5.97 Å². The average Bonchev–Trinajstić information content (AvgIpc) is 2.83. The molecule has 0 aliphatic rings. The maximum atomic E-state index is 11.7. The number of aromatic hydroxyl groups is 2. The number of nitrogens with one attached hydrogen (secondary N) is 1. The first-order valence-corrected chi connectivity index (χ1v) is 7.83. The molecule has 23 heavy (non-hydrogen) atoms. The van der Waals surface area contributed by atoms with Crippen LogP contribution in [0.25, 0.3) is 0 Å². The highest BCUT2D eigenvalue weighted by molar-refractivity contribution is 5.76. The molecular formula is C16H26N2O5. The van der Waals surface area contributed by atoms with Gasteiger partial charge in [0.2, 0.25) is 17.7 Å². The monoisotopic (exact) mass is 327 g/mol. The second-order valence-corrected chi connectivity index (χ2v) is 5.48. The van der Waals surface area contributed by atoms with E-state index in [4.69, 9.17) is 6.21 Å². The van der Waals surface area contributed by atoms with Crippen molar-refractivity contribution in [2.24, 2.45) is 0 Å². The number of carbonyl (C=O) groups excluding carboxylic acids is 2. The minimum Gasteiger partial charge on any atom is -0.492 e. The number of carbonyl (C=O) groups is 2. The van der Waals surface area contributed by atoms with Gasteiger partial charge in [-0.3, -0.25) is 4.79 Å². The van der Waals surface area contributed by atoms with Crippen LogP contribution < -0.4 is 10.2 Å². The van der Waals surface area contributed by atoms with Gasteiger partial charge in [-0.05, 0) is 26.2 Å². The first kappa shape index (κ1) is 17.2. The molecule has 1 amide bonds. The SMILES string of the molecule is [2H]CCCCC(C)NC(=O)CCCCC(=O)On1c(O)ccc1O. The van der Waals surface area contributed by atoms with Crippen LogP contribution in [0.3, 0.4) is 0 Å². The molecule has 130 valence electrons. The molecule has 1 heterocycles. The van der Waals surface area contributed by atoms with E-state index in [2.05, 4.69) is 5.32 Å². The predicted molar refractivity (Wildman–Crippen MR) is 84.9 cm³/mol. The Balaban J connectivity index is 2.14. The lowest BCUT2D eigenvalue weighted by atomic mass is 10.1. The van der Waals surface area contributed by atoms with E-state index >= 15 is 0 Å². The number of amides is 1. The van der Waals surface area contributed by atoms with Crippen LogP contribution in [0, 0.1) is 0 Å². The van der Waals surface area contributed by atoms with Gasteiger partial charge in [0, 0.05) is 32.4 Å². The van der Waals surface area contributed by atoms with Crippen molar-refractivity contribution in [2.45, 2.75) is 64.8 Å². The number of nitrogens with zero attached hydrogens (tertiary/aromatic N) is 1. The topological polar surface area (TPSA) is 101 Å². The van der Waals surface area contributed by atoms with Gasteiger partial charge in [-0.2, -0.15) is 0 Å². The molecule has 0 bridgehead atoms. The molecule has 0 aliphatic heterocycles. The fraction of sp³-hybridized carbons (Fsp3) is 0.625. The lowest BCUT2D eigenvalue weighted by Gasteiger charge is -2.13.